The molecule has 0 radical (unpaired) electrons. The largest absolute Gasteiger partial charge is 0.393 e. The van der Waals surface area contributed by atoms with E-state index in [9.17, 15) is 0 Å². The van der Waals surface area contributed by atoms with Crippen LogP contribution in [0.2, 0.25) is 0 Å². The van der Waals surface area contributed by atoms with E-state index in [1.807, 2.05) is 20.2 Å². The summed E-state index contributed by atoms with van der Waals surface area (Å²) in [6, 6.07) is 2.19. The first-order chi connectivity index (χ1) is 10.2. The highest BCUT2D eigenvalue weighted by Gasteiger charge is 2.37. The molecule has 1 aromatic rings. The Kier molecular flexibility index (Phi) is 3.68. The van der Waals surface area contributed by atoms with Crippen LogP contribution in [0, 0.1) is 12.3 Å². The molecule has 3 rings (SSSR count). The van der Waals surface area contributed by atoms with Gasteiger partial charge in [-0.25, -0.2) is 4.98 Å². The summed E-state index contributed by atoms with van der Waals surface area (Å²) < 4.78 is 0. The standard InChI is InChI=1S/C16H23N5/c1-11-14(13(8-17)9-18-2)7-12-3-4-16(5-6-19-10-16)21-15(12)20-11/h7-9,17-19H,3-6,10H2,1-2H3,(H,20,21)/b13-9+,17-8?. The van der Waals surface area contributed by atoms with Crippen molar-refractivity contribution < 1.29 is 0 Å². The molecule has 1 aromatic heterocycles. The first-order valence-electron chi connectivity index (χ1n) is 7.55. The molecular weight excluding hydrogens is 262 g/mol. The van der Waals surface area contributed by atoms with Crippen molar-refractivity contribution in [2.45, 2.75) is 31.7 Å². The predicted octanol–water partition coefficient (Wildman–Crippen LogP) is 1.69. The number of rotatable bonds is 3. The lowest BCUT2D eigenvalue weighted by Gasteiger charge is -2.36. The van der Waals surface area contributed by atoms with Gasteiger partial charge in [0.05, 0.1) is 5.54 Å². The van der Waals surface area contributed by atoms with Crippen LogP contribution in [0.5, 0.6) is 0 Å². The molecule has 1 unspecified atom stereocenters. The first kappa shape index (κ1) is 14.1. The van der Waals surface area contributed by atoms with Crippen molar-refractivity contribution in [2.24, 2.45) is 0 Å². The lowest BCUT2D eigenvalue weighted by Crippen LogP contribution is -2.44. The Hall–Kier alpha value is -1.88. The molecule has 5 heteroatoms. The second kappa shape index (κ2) is 5.48. The van der Waals surface area contributed by atoms with E-state index < -0.39 is 0 Å². The summed E-state index contributed by atoms with van der Waals surface area (Å²) in [4.78, 5) is 4.77. The van der Waals surface area contributed by atoms with Crippen molar-refractivity contribution in [3.8, 4) is 0 Å². The van der Waals surface area contributed by atoms with Gasteiger partial charge in [-0.2, -0.15) is 0 Å². The van der Waals surface area contributed by atoms with E-state index in [4.69, 9.17) is 10.4 Å². The maximum absolute atomic E-state index is 7.58. The van der Waals surface area contributed by atoms with Crippen LogP contribution in [0.4, 0.5) is 5.82 Å². The maximum Gasteiger partial charge on any atom is 0.129 e. The molecule has 21 heavy (non-hydrogen) atoms. The molecule has 0 saturated carbocycles. The summed E-state index contributed by atoms with van der Waals surface area (Å²) in [6.45, 7) is 4.13. The van der Waals surface area contributed by atoms with Gasteiger partial charge in [-0.1, -0.05) is 0 Å². The van der Waals surface area contributed by atoms with Crippen LogP contribution in [0.25, 0.3) is 5.57 Å². The monoisotopic (exact) mass is 285 g/mol. The fourth-order valence-corrected chi connectivity index (χ4v) is 3.34. The zero-order valence-corrected chi connectivity index (χ0v) is 12.7. The fourth-order valence-electron chi connectivity index (χ4n) is 3.34. The zero-order valence-electron chi connectivity index (χ0n) is 12.7. The summed E-state index contributed by atoms with van der Waals surface area (Å²) in [5, 5.41) is 17.7. The third-order valence-corrected chi connectivity index (χ3v) is 4.56. The minimum absolute atomic E-state index is 0.194. The predicted molar refractivity (Wildman–Crippen MR) is 87.0 cm³/mol. The quantitative estimate of drug-likeness (QED) is 0.638. The number of anilines is 1. The van der Waals surface area contributed by atoms with E-state index >= 15 is 0 Å². The normalized spacial score (nSPS) is 24.6. The average Bonchev–Trinajstić information content (AvgIpc) is 2.92. The highest BCUT2D eigenvalue weighted by molar-refractivity contribution is 6.08. The average molecular weight is 285 g/mol. The lowest BCUT2D eigenvalue weighted by atomic mass is 9.86. The van der Waals surface area contributed by atoms with E-state index in [0.29, 0.717) is 0 Å². The number of hydrogen-bond acceptors (Lipinski definition) is 5. The van der Waals surface area contributed by atoms with Gasteiger partial charge in [-0.05, 0) is 44.4 Å². The minimum atomic E-state index is 0.194. The number of nitrogens with zero attached hydrogens (tertiary/aromatic N) is 1. The summed E-state index contributed by atoms with van der Waals surface area (Å²) in [6.07, 6.45) is 6.59. The molecule has 4 N–H and O–H groups in total. The smallest absolute Gasteiger partial charge is 0.129 e. The molecule has 1 atom stereocenters. The molecule has 1 fully saturated rings. The van der Waals surface area contributed by atoms with Gasteiger partial charge in [0, 0.05) is 42.8 Å². The molecule has 1 spiro atoms. The number of allylic oxidation sites excluding steroid dienone is 1. The van der Waals surface area contributed by atoms with E-state index in [-0.39, 0.29) is 5.54 Å². The van der Waals surface area contributed by atoms with Gasteiger partial charge in [0.15, 0.2) is 0 Å². The van der Waals surface area contributed by atoms with Crippen LogP contribution < -0.4 is 16.0 Å². The first-order valence-corrected chi connectivity index (χ1v) is 7.55. The van der Waals surface area contributed by atoms with Crippen molar-refractivity contribution in [1.82, 2.24) is 15.6 Å². The Morgan fingerprint density at radius 1 is 1.48 bits per heavy atom. The third-order valence-electron chi connectivity index (χ3n) is 4.56. The van der Waals surface area contributed by atoms with Gasteiger partial charge in [0.1, 0.15) is 5.82 Å². The minimum Gasteiger partial charge on any atom is -0.393 e. The van der Waals surface area contributed by atoms with Crippen LogP contribution in [0.3, 0.4) is 0 Å². The SMILES string of the molecule is CN/C=C(\C=N)c1cc2c(nc1C)NC1(CCNC1)CC2. The van der Waals surface area contributed by atoms with Gasteiger partial charge in [-0.3, -0.25) is 0 Å². The number of fused-ring (bicyclic) bond motifs is 1. The van der Waals surface area contributed by atoms with Crippen LogP contribution in [0.15, 0.2) is 12.3 Å². The highest BCUT2D eigenvalue weighted by Crippen LogP contribution is 2.35. The molecule has 3 heterocycles. The van der Waals surface area contributed by atoms with Crippen molar-refractivity contribution >= 4 is 17.6 Å². The van der Waals surface area contributed by atoms with Crippen LogP contribution >= 0.6 is 0 Å². The number of aromatic nitrogens is 1. The number of hydrogen-bond donors (Lipinski definition) is 4. The number of nitrogens with one attached hydrogen (secondary N) is 4. The number of pyridine rings is 1. The Morgan fingerprint density at radius 3 is 3.00 bits per heavy atom. The van der Waals surface area contributed by atoms with Gasteiger partial charge < -0.3 is 21.4 Å². The summed E-state index contributed by atoms with van der Waals surface area (Å²) in [5.74, 6) is 1.03. The van der Waals surface area contributed by atoms with Gasteiger partial charge in [0.25, 0.3) is 0 Å². The molecule has 0 aromatic carbocycles. The fraction of sp³-hybridized carbons (Fsp3) is 0.500. The molecule has 5 nitrogen and oxygen atoms in total. The second-order valence-corrected chi connectivity index (χ2v) is 5.99. The van der Waals surface area contributed by atoms with E-state index in [1.54, 1.807) is 0 Å². The number of aryl methyl sites for hydroxylation is 2. The van der Waals surface area contributed by atoms with Crippen molar-refractivity contribution in [2.75, 3.05) is 25.5 Å². The Balaban J connectivity index is 1.96. The second-order valence-electron chi connectivity index (χ2n) is 5.99. The van der Waals surface area contributed by atoms with E-state index in [2.05, 4.69) is 22.0 Å². The van der Waals surface area contributed by atoms with Gasteiger partial charge >= 0.3 is 0 Å². The Bertz CT molecular complexity index is 585. The zero-order chi connectivity index (χ0) is 14.9. The molecule has 2 aliphatic heterocycles. The van der Waals surface area contributed by atoms with Crippen molar-refractivity contribution in [3.63, 3.8) is 0 Å². The van der Waals surface area contributed by atoms with Crippen LogP contribution in [-0.2, 0) is 6.42 Å². The molecule has 0 bridgehead atoms. The van der Waals surface area contributed by atoms with E-state index in [1.165, 1.54) is 18.2 Å². The van der Waals surface area contributed by atoms with E-state index in [0.717, 1.165) is 48.6 Å². The van der Waals surface area contributed by atoms with Crippen molar-refractivity contribution in [3.05, 3.63) is 29.1 Å². The summed E-state index contributed by atoms with van der Waals surface area (Å²) in [5.41, 5.74) is 4.33. The topological polar surface area (TPSA) is 72.8 Å². The molecular formula is C16H23N5. The maximum atomic E-state index is 7.58. The van der Waals surface area contributed by atoms with Crippen LogP contribution in [0.1, 0.15) is 29.7 Å². The van der Waals surface area contributed by atoms with Crippen molar-refractivity contribution in [1.29, 1.82) is 5.41 Å². The molecule has 112 valence electrons. The van der Waals surface area contributed by atoms with Gasteiger partial charge in [0.2, 0.25) is 0 Å². The summed E-state index contributed by atoms with van der Waals surface area (Å²) >= 11 is 0. The molecule has 0 amide bonds. The molecule has 2 aliphatic rings. The van der Waals surface area contributed by atoms with Gasteiger partial charge in [-0.15, -0.1) is 0 Å². The van der Waals surface area contributed by atoms with Crippen LogP contribution in [-0.4, -0.2) is 36.9 Å². The summed E-state index contributed by atoms with van der Waals surface area (Å²) in [7, 11) is 1.85. The Morgan fingerprint density at radius 2 is 2.33 bits per heavy atom. The highest BCUT2D eigenvalue weighted by atomic mass is 15.1. The molecule has 1 saturated heterocycles. The lowest BCUT2D eigenvalue weighted by molar-refractivity contribution is 0.454. The third kappa shape index (κ3) is 2.53. The molecule has 0 aliphatic carbocycles. The Labute approximate surface area is 125 Å².